The molecule has 0 fully saturated rings. The van der Waals surface area contributed by atoms with Crippen LogP contribution < -0.4 is 5.32 Å². The molecule has 1 heterocycles. The lowest BCUT2D eigenvalue weighted by Gasteiger charge is -2.12. The Bertz CT molecular complexity index is 348. The summed E-state index contributed by atoms with van der Waals surface area (Å²) in [7, 11) is 1.58. The molecule has 0 aromatic carbocycles. The largest absolute Gasteiger partial charge is 0.357 e. The number of amides is 1. The van der Waals surface area contributed by atoms with Crippen molar-refractivity contribution >= 4 is 5.91 Å². The van der Waals surface area contributed by atoms with Crippen LogP contribution in [0.15, 0.2) is 18.3 Å². The molecule has 1 N–H and O–H groups in total. The molecule has 0 saturated carbocycles. The lowest BCUT2D eigenvalue weighted by atomic mass is 10.3. The number of nitrogens with one attached hydrogen (secondary N) is 1. The number of aromatic nitrogens is 1. The van der Waals surface area contributed by atoms with Crippen LogP contribution in [-0.2, 0) is 4.79 Å². The molecular weight excluding hydrogens is 166 g/mol. The maximum absolute atomic E-state index is 11.2. The van der Waals surface area contributed by atoms with Crippen molar-refractivity contribution in [1.29, 1.82) is 5.26 Å². The predicted octanol–water partition coefficient (Wildman–Crippen LogP) is 0.667. The van der Waals surface area contributed by atoms with E-state index in [2.05, 4.69) is 5.32 Å². The molecular formula is C9H11N3O. The molecule has 0 spiro atoms. The van der Waals surface area contributed by atoms with Crippen molar-refractivity contribution in [3.05, 3.63) is 24.0 Å². The van der Waals surface area contributed by atoms with Gasteiger partial charge < -0.3 is 9.88 Å². The molecule has 4 heteroatoms. The second kappa shape index (κ2) is 3.76. The van der Waals surface area contributed by atoms with E-state index in [9.17, 15) is 4.79 Å². The fourth-order valence-corrected chi connectivity index (χ4v) is 1.16. The number of likely N-dealkylation sites (N-methyl/N-ethyl adjacent to an activating group) is 1. The van der Waals surface area contributed by atoms with E-state index in [0.29, 0.717) is 5.69 Å². The normalized spacial score (nSPS) is 11.8. The van der Waals surface area contributed by atoms with Crippen LogP contribution in [0.3, 0.4) is 0 Å². The van der Waals surface area contributed by atoms with Crippen LogP contribution in [0.5, 0.6) is 0 Å². The molecule has 0 aliphatic carbocycles. The Morgan fingerprint density at radius 3 is 3.00 bits per heavy atom. The monoisotopic (exact) mass is 177 g/mol. The van der Waals surface area contributed by atoms with Crippen molar-refractivity contribution in [1.82, 2.24) is 9.88 Å². The topological polar surface area (TPSA) is 57.8 Å². The second-order valence-electron chi connectivity index (χ2n) is 2.70. The van der Waals surface area contributed by atoms with Gasteiger partial charge in [-0.1, -0.05) is 0 Å². The Kier molecular flexibility index (Phi) is 2.70. The summed E-state index contributed by atoms with van der Waals surface area (Å²) in [4.78, 5) is 11.2. The van der Waals surface area contributed by atoms with E-state index in [1.165, 1.54) is 0 Å². The average Bonchev–Trinajstić information content (AvgIpc) is 2.62. The number of carbonyl (C=O) groups is 1. The first-order valence-electron chi connectivity index (χ1n) is 3.99. The zero-order valence-electron chi connectivity index (χ0n) is 7.61. The van der Waals surface area contributed by atoms with Gasteiger partial charge in [0, 0.05) is 13.2 Å². The Labute approximate surface area is 76.8 Å². The minimum Gasteiger partial charge on any atom is -0.357 e. The molecule has 1 unspecified atom stereocenters. The first-order valence-corrected chi connectivity index (χ1v) is 3.99. The van der Waals surface area contributed by atoms with Crippen molar-refractivity contribution in [3.63, 3.8) is 0 Å². The maximum Gasteiger partial charge on any atom is 0.242 e. The molecule has 1 aromatic heterocycles. The highest BCUT2D eigenvalue weighted by Crippen LogP contribution is 2.10. The lowest BCUT2D eigenvalue weighted by molar-refractivity contribution is -0.123. The third-order valence-corrected chi connectivity index (χ3v) is 1.94. The molecule has 0 saturated heterocycles. The Morgan fingerprint density at radius 1 is 1.77 bits per heavy atom. The Hall–Kier alpha value is -1.76. The molecule has 68 valence electrons. The van der Waals surface area contributed by atoms with E-state index >= 15 is 0 Å². The number of nitriles is 1. The molecule has 1 aromatic rings. The van der Waals surface area contributed by atoms with E-state index in [4.69, 9.17) is 5.26 Å². The van der Waals surface area contributed by atoms with Crippen LogP contribution in [0.1, 0.15) is 18.7 Å². The zero-order valence-corrected chi connectivity index (χ0v) is 7.61. The quantitative estimate of drug-likeness (QED) is 0.721. The van der Waals surface area contributed by atoms with Gasteiger partial charge in [-0.15, -0.1) is 0 Å². The molecule has 4 nitrogen and oxygen atoms in total. The lowest BCUT2D eigenvalue weighted by Crippen LogP contribution is -2.27. The summed E-state index contributed by atoms with van der Waals surface area (Å²) in [5.41, 5.74) is 0.496. The fraction of sp³-hybridized carbons (Fsp3) is 0.333. The van der Waals surface area contributed by atoms with Crippen LogP contribution in [0, 0.1) is 11.3 Å². The molecule has 0 bridgehead atoms. The highest BCUT2D eigenvalue weighted by Gasteiger charge is 2.14. The van der Waals surface area contributed by atoms with Gasteiger partial charge >= 0.3 is 0 Å². The summed E-state index contributed by atoms with van der Waals surface area (Å²) in [6, 6.07) is 5.11. The molecule has 13 heavy (non-hydrogen) atoms. The minimum atomic E-state index is -0.338. The van der Waals surface area contributed by atoms with Gasteiger partial charge in [-0.2, -0.15) is 5.26 Å². The van der Waals surface area contributed by atoms with Crippen molar-refractivity contribution in [2.45, 2.75) is 13.0 Å². The number of hydrogen-bond donors (Lipinski definition) is 1. The van der Waals surface area contributed by atoms with Gasteiger partial charge in [0.25, 0.3) is 0 Å². The Morgan fingerprint density at radius 2 is 2.46 bits per heavy atom. The Balaban J connectivity index is 2.95. The average molecular weight is 177 g/mol. The van der Waals surface area contributed by atoms with E-state index in [-0.39, 0.29) is 11.9 Å². The van der Waals surface area contributed by atoms with E-state index in [1.807, 2.05) is 6.07 Å². The second-order valence-corrected chi connectivity index (χ2v) is 2.70. The third-order valence-electron chi connectivity index (χ3n) is 1.94. The number of rotatable bonds is 2. The van der Waals surface area contributed by atoms with E-state index in [1.54, 1.807) is 36.9 Å². The van der Waals surface area contributed by atoms with Crippen molar-refractivity contribution < 1.29 is 4.79 Å². The molecule has 1 atom stereocenters. The summed E-state index contributed by atoms with van der Waals surface area (Å²) < 4.78 is 1.64. The van der Waals surface area contributed by atoms with Crippen molar-refractivity contribution in [3.8, 4) is 6.07 Å². The highest BCUT2D eigenvalue weighted by atomic mass is 16.2. The fourth-order valence-electron chi connectivity index (χ4n) is 1.16. The van der Waals surface area contributed by atoms with Crippen molar-refractivity contribution in [2.24, 2.45) is 0 Å². The molecule has 0 radical (unpaired) electrons. The SMILES string of the molecule is CNC(=O)C(C)n1cccc1C#N. The summed E-state index contributed by atoms with van der Waals surface area (Å²) >= 11 is 0. The van der Waals surface area contributed by atoms with Gasteiger partial charge in [0.1, 0.15) is 17.8 Å². The molecule has 1 rings (SSSR count). The van der Waals surface area contributed by atoms with Crippen LogP contribution in [-0.4, -0.2) is 17.5 Å². The maximum atomic E-state index is 11.2. The van der Waals surface area contributed by atoms with Crippen LogP contribution >= 0.6 is 0 Å². The first-order chi connectivity index (χ1) is 6.20. The highest BCUT2D eigenvalue weighted by molar-refractivity contribution is 5.79. The standard InChI is InChI=1S/C9H11N3O/c1-7(9(13)11-2)12-5-3-4-8(12)6-10/h3-5,7H,1-2H3,(H,11,13). The summed E-state index contributed by atoms with van der Waals surface area (Å²) in [5, 5.41) is 11.2. The smallest absolute Gasteiger partial charge is 0.242 e. The predicted molar refractivity (Wildman–Crippen MR) is 47.9 cm³/mol. The summed E-state index contributed by atoms with van der Waals surface area (Å²) in [6.07, 6.45) is 1.72. The summed E-state index contributed by atoms with van der Waals surface area (Å²) in [5.74, 6) is -0.104. The molecule has 1 amide bonds. The van der Waals surface area contributed by atoms with Crippen LogP contribution in [0.25, 0.3) is 0 Å². The van der Waals surface area contributed by atoms with Gasteiger partial charge in [0.15, 0.2) is 0 Å². The van der Waals surface area contributed by atoms with Gasteiger partial charge in [0.2, 0.25) is 5.91 Å². The first kappa shape index (κ1) is 9.33. The van der Waals surface area contributed by atoms with E-state index < -0.39 is 0 Å². The third kappa shape index (κ3) is 1.70. The van der Waals surface area contributed by atoms with Crippen LogP contribution in [0.4, 0.5) is 0 Å². The number of hydrogen-bond acceptors (Lipinski definition) is 2. The summed E-state index contributed by atoms with van der Waals surface area (Å²) in [6.45, 7) is 1.75. The number of nitrogens with zero attached hydrogens (tertiary/aromatic N) is 2. The number of carbonyl (C=O) groups excluding carboxylic acids is 1. The minimum absolute atomic E-state index is 0.104. The molecule has 0 aliphatic rings. The van der Waals surface area contributed by atoms with Gasteiger partial charge in [0.05, 0.1) is 0 Å². The van der Waals surface area contributed by atoms with E-state index in [0.717, 1.165) is 0 Å². The van der Waals surface area contributed by atoms with Gasteiger partial charge in [-0.05, 0) is 19.1 Å². The van der Waals surface area contributed by atoms with Gasteiger partial charge in [-0.25, -0.2) is 0 Å². The van der Waals surface area contributed by atoms with Gasteiger partial charge in [-0.3, -0.25) is 4.79 Å². The molecule has 0 aliphatic heterocycles. The van der Waals surface area contributed by atoms with Crippen molar-refractivity contribution in [2.75, 3.05) is 7.05 Å². The zero-order chi connectivity index (χ0) is 9.84. The van der Waals surface area contributed by atoms with Crippen LogP contribution in [0.2, 0.25) is 0 Å².